The van der Waals surface area contributed by atoms with Crippen molar-refractivity contribution in [2.75, 3.05) is 4.90 Å². The van der Waals surface area contributed by atoms with E-state index in [1.807, 2.05) is 19.1 Å². The van der Waals surface area contributed by atoms with Crippen LogP contribution in [0.1, 0.15) is 22.3 Å². The number of aromatic nitrogens is 3. The third-order valence-electron chi connectivity index (χ3n) is 5.08. The number of benzene rings is 2. The summed E-state index contributed by atoms with van der Waals surface area (Å²) in [5.41, 5.74) is 2.73. The van der Waals surface area contributed by atoms with Crippen LogP contribution in [0.25, 0.3) is 11.3 Å². The van der Waals surface area contributed by atoms with Gasteiger partial charge in [0.25, 0.3) is 0 Å². The fourth-order valence-corrected chi connectivity index (χ4v) is 3.56. The van der Waals surface area contributed by atoms with Gasteiger partial charge in [-0.3, -0.25) is 0 Å². The quantitative estimate of drug-likeness (QED) is 0.373. The Kier molecular flexibility index (Phi) is 5.90. The second-order valence-electron chi connectivity index (χ2n) is 7.26. The van der Waals surface area contributed by atoms with Gasteiger partial charge < -0.3 is 4.90 Å². The van der Waals surface area contributed by atoms with Crippen molar-refractivity contribution in [3.8, 4) is 11.3 Å². The summed E-state index contributed by atoms with van der Waals surface area (Å²) in [5.74, 6) is 0.469. The predicted molar refractivity (Wildman–Crippen MR) is 117 cm³/mol. The first-order valence-corrected chi connectivity index (χ1v) is 9.85. The van der Waals surface area contributed by atoms with E-state index in [4.69, 9.17) is 6.92 Å². The Morgan fingerprint density at radius 2 is 1.75 bits per heavy atom. The molecule has 2 aromatic heterocycles. The second kappa shape index (κ2) is 8.78. The number of halogens is 3. The van der Waals surface area contributed by atoms with Crippen molar-refractivity contribution >= 4 is 11.5 Å². The highest BCUT2D eigenvalue weighted by atomic mass is 19.4. The standard InChI is InChI=1S/C25H19F3N4/c1-17-9-10-18(2)23(14-17)32(15-19-6-3-4-8-21(19)25(26,27)28)24-20(7-5-12-30-24)22-11-13-29-16-31-22/h1,3-14,16H,15H2,2H3. The average molecular weight is 432 g/mol. The molecule has 0 unspecified atom stereocenters. The molecule has 4 aromatic rings. The molecular weight excluding hydrogens is 413 g/mol. The molecule has 2 aromatic carbocycles. The number of hydrogen-bond donors (Lipinski definition) is 0. The van der Waals surface area contributed by atoms with E-state index in [2.05, 4.69) is 15.0 Å². The van der Waals surface area contributed by atoms with Gasteiger partial charge in [-0.1, -0.05) is 30.3 Å². The van der Waals surface area contributed by atoms with Crippen LogP contribution in [0.5, 0.6) is 0 Å². The third kappa shape index (κ3) is 4.46. The minimum atomic E-state index is -4.48. The Morgan fingerprint density at radius 3 is 2.50 bits per heavy atom. The van der Waals surface area contributed by atoms with Crippen LogP contribution in [-0.4, -0.2) is 15.0 Å². The molecule has 0 N–H and O–H groups in total. The van der Waals surface area contributed by atoms with Crippen LogP contribution in [0, 0.1) is 13.8 Å². The van der Waals surface area contributed by atoms with E-state index in [-0.39, 0.29) is 12.1 Å². The largest absolute Gasteiger partial charge is 0.416 e. The van der Waals surface area contributed by atoms with Crippen molar-refractivity contribution < 1.29 is 13.2 Å². The highest BCUT2D eigenvalue weighted by Crippen LogP contribution is 2.38. The molecule has 0 aliphatic carbocycles. The van der Waals surface area contributed by atoms with Crippen molar-refractivity contribution in [1.82, 2.24) is 15.0 Å². The van der Waals surface area contributed by atoms with Crippen LogP contribution in [0.15, 0.2) is 79.4 Å². The van der Waals surface area contributed by atoms with Gasteiger partial charge in [0.1, 0.15) is 12.1 Å². The van der Waals surface area contributed by atoms with Crippen molar-refractivity contribution in [1.29, 1.82) is 0 Å². The maximum atomic E-state index is 13.7. The number of pyridine rings is 1. The molecule has 32 heavy (non-hydrogen) atoms. The molecule has 2 radical (unpaired) electrons. The van der Waals surface area contributed by atoms with E-state index >= 15 is 0 Å². The van der Waals surface area contributed by atoms with E-state index in [1.165, 1.54) is 18.5 Å². The number of aryl methyl sites for hydroxylation is 1. The number of anilines is 2. The first kappa shape index (κ1) is 21.5. The molecule has 0 fully saturated rings. The SMILES string of the molecule is [CH]c1ccc(C)c(N(Cc2ccccc2C(F)(F)F)c2ncccc2-c2ccncn2)c1. The van der Waals surface area contributed by atoms with Crippen molar-refractivity contribution in [2.24, 2.45) is 0 Å². The molecule has 0 saturated carbocycles. The Balaban J connectivity index is 1.92. The molecule has 4 nitrogen and oxygen atoms in total. The number of rotatable bonds is 5. The van der Waals surface area contributed by atoms with Crippen LogP contribution in [-0.2, 0) is 12.7 Å². The summed E-state index contributed by atoms with van der Waals surface area (Å²) in [6.07, 6.45) is 0.145. The monoisotopic (exact) mass is 432 g/mol. The zero-order valence-electron chi connectivity index (χ0n) is 17.2. The van der Waals surface area contributed by atoms with Gasteiger partial charge in [-0.15, -0.1) is 0 Å². The van der Waals surface area contributed by atoms with E-state index in [0.29, 0.717) is 28.3 Å². The molecule has 0 atom stereocenters. The zero-order valence-corrected chi connectivity index (χ0v) is 17.2. The number of nitrogens with zero attached hydrogens (tertiary/aromatic N) is 4. The van der Waals surface area contributed by atoms with Gasteiger partial charge in [0.2, 0.25) is 0 Å². The lowest BCUT2D eigenvalue weighted by Gasteiger charge is -2.29. The van der Waals surface area contributed by atoms with Gasteiger partial charge >= 0.3 is 6.18 Å². The fourth-order valence-electron chi connectivity index (χ4n) is 3.56. The van der Waals surface area contributed by atoms with Crippen molar-refractivity contribution in [3.05, 3.63) is 109 Å². The van der Waals surface area contributed by atoms with Crippen molar-refractivity contribution in [2.45, 2.75) is 19.6 Å². The predicted octanol–water partition coefficient (Wildman–Crippen LogP) is 6.26. The number of hydrogen-bond acceptors (Lipinski definition) is 4. The fraction of sp³-hybridized carbons (Fsp3) is 0.120. The molecule has 7 heteroatoms. The summed E-state index contributed by atoms with van der Waals surface area (Å²) in [4.78, 5) is 14.5. The summed E-state index contributed by atoms with van der Waals surface area (Å²) < 4.78 is 41.2. The summed E-state index contributed by atoms with van der Waals surface area (Å²) in [6, 6.07) is 16.2. The first-order chi connectivity index (χ1) is 15.3. The normalized spacial score (nSPS) is 11.4. The van der Waals surface area contributed by atoms with Crippen LogP contribution < -0.4 is 4.90 Å². The Bertz CT molecular complexity index is 1220. The minimum Gasteiger partial charge on any atom is -0.321 e. The number of alkyl halides is 3. The maximum Gasteiger partial charge on any atom is 0.416 e. The molecule has 0 aliphatic rings. The van der Waals surface area contributed by atoms with E-state index in [1.54, 1.807) is 47.6 Å². The highest BCUT2D eigenvalue weighted by Gasteiger charge is 2.34. The van der Waals surface area contributed by atoms with Gasteiger partial charge in [-0.25, -0.2) is 15.0 Å². The molecule has 0 amide bonds. The van der Waals surface area contributed by atoms with E-state index < -0.39 is 11.7 Å². The van der Waals surface area contributed by atoms with Crippen LogP contribution in [0.3, 0.4) is 0 Å². The van der Waals surface area contributed by atoms with Gasteiger partial charge in [0.15, 0.2) is 0 Å². The van der Waals surface area contributed by atoms with Crippen molar-refractivity contribution in [3.63, 3.8) is 0 Å². The molecule has 160 valence electrons. The first-order valence-electron chi connectivity index (χ1n) is 9.85. The molecule has 0 bridgehead atoms. The summed E-state index contributed by atoms with van der Waals surface area (Å²) >= 11 is 0. The molecule has 0 aliphatic heterocycles. The molecule has 0 saturated heterocycles. The summed E-state index contributed by atoms with van der Waals surface area (Å²) in [6.45, 7) is 7.86. The van der Waals surface area contributed by atoms with Gasteiger partial charge in [-0.05, 0) is 60.9 Å². The zero-order chi connectivity index (χ0) is 22.7. The lowest BCUT2D eigenvalue weighted by atomic mass is 10.0. The topological polar surface area (TPSA) is 41.9 Å². The second-order valence-corrected chi connectivity index (χ2v) is 7.26. The molecule has 0 spiro atoms. The highest BCUT2D eigenvalue weighted by molar-refractivity contribution is 5.78. The van der Waals surface area contributed by atoms with Gasteiger partial charge in [0, 0.05) is 23.6 Å². The lowest BCUT2D eigenvalue weighted by Crippen LogP contribution is -2.22. The Morgan fingerprint density at radius 1 is 0.938 bits per heavy atom. The minimum absolute atomic E-state index is 0.0604. The molecular formula is C25H19F3N4. The van der Waals surface area contributed by atoms with E-state index in [9.17, 15) is 13.2 Å². The summed E-state index contributed by atoms with van der Waals surface area (Å²) in [7, 11) is 0. The van der Waals surface area contributed by atoms with Gasteiger partial charge in [-0.2, -0.15) is 13.2 Å². The Hall–Kier alpha value is -3.74. The average Bonchev–Trinajstić information content (AvgIpc) is 2.79. The lowest BCUT2D eigenvalue weighted by molar-refractivity contribution is -0.138. The van der Waals surface area contributed by atoms with Gasteiger partial charge in [0.05, 0.1) is 17.8 Å². The van der Waals surface area contributed by atoms with Crippen LogP contribution in [0.2, 0.25) is 0 Å². The van der Waals surface area contributed by atoms with Crippen LogP contribution in [0.4, 0.5) is 24.7 Å². The third-order valence-corrected chi connectivity index (χ3v) is 5.08. The summed E-state index contributed by atoms with van der Waals surface area (Å²) in [5, 5.41) is 0. The maximum absolute atomic E-state index is 13.7. The van der Waals surface area contributed by atoms with Crippen LogP contribution >= 0.6 is 0 Å². The Labute approximate surface area is 184 Å². The smallest absolute Gasteiger partial charge is 0.321 e. The molecule has 4 rings (SSSR count). The molecule has 2 heterocycles. The van der Waals surface area contributed by atoms with E-state index in [0.717, 1.165) is 11.6 Å².